The molecule has 33 heavy (non-hydrogen) atoms. The number of likely N-dealkylation sites (tertiary alicyclic amines) is 2. The zero-order valence-corrected chi connectivity index (χ0v) is 19.0. The minimum atomic E-state index is -0.650. The molecule has 0 spiro atoms. The molecule has 3 heterocycles. The topological polar surface area (TPSA) is 116 Å². The van der Waals surface area contributed by atoms with Gasteiger partial charge < -0.3 is 26.2 Å². The van der Waals surface area contributed by atoms with E-state index in [9.17, 15) is 9.59 Å². The predicted octanol–water partition coefficient (Wildman–Crippen LogP) is 2.33. The minimum Gasteiger partial charge on any atom is -0.364 e. The Morgan fingerprint density at radius 2 is 1.88 bits per heavy atom. The molecule has 2 fully saturated rings. The van der Waals surface area contributed by atoms with Gasteiger partial charge in [0.15, 0.2) is 11.5 Å². The molecule has 0 saturated carbocycles. The standard InChI is InChI=1S/C24H31N7O2/c1-3-21(32)31-13-10-19(15-31)27-20-14-26-22(23(25)33)24(29-20)28-18-6-4-16(5-7-18)17-8-11-30(2)12-9-17/h3-7,14,17,19H,1,8-13,15H2,2H3,(H2,25,33)(H2,27,28,29)/t19-/m1/s1. The summed E-state index contributed by atoms with van der Waals surface area (Å²) in [6, 6.07) is 8.29. The second kappa shape index (κ2) is 9.99. The van der Waals surface area contributed by atoms with Crippen LogP contribution in [-0.2, 0) is 4.79 Å². The molecule has 2 aliphatic rings. The fourth-order valence-electron chi connectivity index (χ4n) is 4.46. The Morgan fingerprint density at radius 1 is 1.15 bits per heavy atom. The summed E-state index contributed by atoms with van der Waals surface area (Å²) in [5, 5.41) is 6.49. The van der Waals surface area contributed by atoms with Crippen LogP contribution in [0, 0.1) is 0 Å². The molecule has 9 nitrogen and oxygen atoms in total. The third-order valence-corrected chi connectivity index (χ3v) is 6.40. The van der Waals surface area contributed by atoms with Crippen molar-refractivity contribution in [2.24, 2.45) is 5.73 Å². The van der Waals surface area contributed by atoms with Gasteiger partial charge in [0.1, 0.15) is 5.82 Å². The lowest BCUT2D eigenvalue weighted by Crippen LogP contribution is -2.30. The molecule has 0 aliphatic carbocycles. The van der Waals surface area contributed by atoms with E-state index in [-0.39, 0.29) is 17.6 Å². The van der Waals surface area contributed by atoms with Crippen molar-refractivity contribution in [1.29, 1.82) is 0 Å². The first kappa shape index (κ1) is 22.7. The molecule has 2 aliphatic heterocycles. The van der Waals surface area contributed by atoms with Crippen molar-refractivity contribution in [3.8, 4) is 0 Å². The number of primary amides is 1. The Morgan fingerprint density at radius 3 is 2.55 bits per heavy atom. The highest BCUT2D eigenvalue weighted by Crippen LogP contribution is 2.29. The average Bonchev–Trinajstić information content (AvgIpc) is 3.28. The zero-order valence-electron chi connectivity index (χ0n) is 19.0. The Kier molecular flexibility index (Phi) is 6.88. The number of nitrogens with two attached hydrogens (primary N) is 1. The Labute approximate surface area is 194 Å². The molecule has 174 valence electrons. The minimum absolute atomic E-state index is 0.0456. The first-order valence-corrected chi connectivity index (χ1v) is 11.3. The van der Waals surface area contributed by atoms with Crippen molar-refractivity contribution < 1.29 is 9.59 Å². The van der Waals surface area contributed by atoms with Crippen LogP contribution in [0.1, 0.15) is 41.2 Å². The first-order valence-electron chi connectivity index (χ1n) is 11.3. The maximum Gasteiger partial charge on any atom is 0.271 e. The van der Waals surface area contributed by atoms with Gasteiger partial charge in [-0.05, 0) is 69.1 Å². The molecular weight excluding hydrogens is 418 g/mol. The van der Waals surface area contributed by atoms with Gasteiger partial charge in [-0.25, -0.2) is 9.97 Å². The van der Waals surface area contributed by atoms with Crippen molar-refractivity contribution in [3.63, 3.8) is 0 Å². The van der Waals surface area contributed by atoms with Crippen LogP contribution in [0.3, 0.4) is 0 Å². The number of hydrogen-bond acceptors (Lipinski definition) is 7. The molecule has 0 unspecified atom stereocenters. The SMILES string of the molecule is C=CC(=O)N1CC[C@@H](Nc2cnc(C(N)=O)c(Nc3ccc(C4CCN(C)CC4)cc3)n2)C1. The summed E-state index contributed by atoms with van der Waals surface area (Å²) in [4.78, 5) is 36.6. The summed E-state index contributed by atoms with van der Waals surface area (Å²) in [6.45, 7) is 6.98. The van der Waals surface area contributed by atoms with Gasteiger partial charge in [-0.1, -0.05) is 18.7 Å². The summed E-state index contributed by atoms with van der Waals surface area (Å²) in [7, 11) is 2.16. The lowest BCUT2D eigenvalue weighted by Gasteiger charge is -2.29. The van der Waals surface area contributed by atoms with E-state index in [4.69, 9.17) is 5.73 Å². The van der Waals surface area contributed by atoms with Gasteiger partial charge in [-0.15, -0.1) is 0 Å². The molecule has 4 N–H and O–H groups in total. The van der Waals surface area contributed by atoms with Crippen molar-refractivity contribution >= 4 is 29.1 Å². The summed E-state index contributed by atoms with van der Waals surface area (Å²) in [5.74, 6) is 0.659. The molecule has 1 atom stereocenters. The Balaban J connectivity index is 1.45. The summed E-state index contributed by atoms with van der Waals surface area (Å²) in [5.41, 5.74) is 7.73. The fraction of sp³-hybridized carbons (Fsp3) is 0.417. The summed E-state index contributed by atoms with van der Waals surface area (Å²) < 4.78 is 0. The smallest absolute Gasteiger partial charge is 0.271 e. The quantitative estimate of drug-likeness (QED) is 0.556. The number of anilines is 3. The van der Waals surface area contributed by atoms with Gasteiger partial charge in [0, 0.05) is 24.8 Å². The van der Waals surface area contributed by atoms with Gasteiger partial charge in [0.05, 0.1) is 6.20 Å². The van der Waals surface area contributed by atoms with Crippen LogP contribution in [-0.4, -0.2) is 70.9 Å². The molecule has 2 saturated heterocycles. The molecule has 1 aromatic carbocycles. The zero-order chi connectivity index (χ0) is 23.4. The Hall–Kier alpha value is -3.46. The third-order valence-electron chi connectivity index (χ3n) is 6.40. The van der Waals surface area contributed by atoms with E-state index in [0.29, 0.717) is 30.6 Å². The summed E-state index contributed by atoms with van der Waals surface area (Å²) >= 11 is 0. The molecule has 4 rings (SSSR count). The normalized spacial score (nSPS) is 19.3. The number of carbonyl (C=O) groups excluding carboxylic acids is 2. The number of rotatable bonds is 7. The third kappa shape index (κ3) is 5.48. The van der Waals surface area contributed by atoms with E-state index in [2.05, 4.69) is 51.3 Å². The van der Waals surface area contributed by atoms with Crippen molar-refractivity contribution in [2.45, 2.75) is 31.2 Å². The second-order valence-electron chi connectivity index (χ2n) is 8.76. The lowest BCUT2D eigenvalue weighted by atomic mass is 9.89. The highest BCUT2D eigenvalue weighted by molar-refractivity contribution is 5.96. The van der Waals surface area contributed by atoms with Crippen molar-refractivity contribution in [1.82, 2.24) is 19.8 Å². The molecule has 0 bridgehead atoms. The maximum atomic E-state index is 11.9. The van der Waals surface area contributed by atoms with Crippen LogP contribution in [0.5, 0.6) is 0 Å². The Bertz CT molecular complexity index is 1020. The highest BCUT2D eigenvalue weighted by Gasteiger charge is 2.25. The van der Waals surface area contributed by atoms with E-state index >= 15 is 0 Å². The van der Waals surface area contributed by atoms with Gasteiger partial charge in [0.2, 0.25) is 5.91 Å². The maximum absolute atomic E-state index is 11.9. The molecule has 9 heteroatoms. The molecule has 0 radical (unpaired) electrons. The van der Waals surface area contributed by atoms with Crippen LogP contribution in [0.25, 0.3) is 0 Å². The van der Waals surface area contributed by atoms with E-state index in [1.807, 2.05) is 12.1 Å². The average molecular weight is 450 g/mol. The fourth-order valence-corrected chi connectivity index (χ4v) is 4.46. The van der Waals surface area contributed by atoms with Gasteiger partial charge >= 0.3 is 0 Å². The number of carbonyl (C=O) groups is 2. The van der Waals surface area contributed by atoms with E-state index in [1.165, 1.54) is 17.8 Å². The predicted molar refractivity (Wildman–Crippen MR) is 129 cm³/mol. The van der Waals surface area contributed by atoms with Crippen LogP contribution < -0.4 is 16.4 Å². The lowest BCUT2D eigenvalue weighted by molar-refractivity contribution is -0.125. The van der Waals surface area contributed by atoms with Crippen LogP contribution in [0.2, 0.25) is 0 Å². The van der Waals surface area contributed by atoms with E-state index in [0.717, 1.165) is 38.0 Å². The van der Waals surface area contributed by atoms with Crippen molar-refractivity contribution in [2.75, 3.05) is 43.9 Å². The summed E-state index contributed by atoms with van der Waals surface area (Å²) in [6.07, 6.45) is 5.92. The number of amides is 2. The molecular formula is C24H31N7O2. The van der Waals surface area contributed by atoms with Crippen LogP contribution >= 0.6 is 0 Å². The molecule has 1 aromatic heterocycles. The number of nitrogens with zero attached hydrogens (tertiary/aromatic N) is 4. The number of aromatic nitrogens is 2. The number of benzene rings is 1. The molecule has 2 aromatic rings. The van der Waals surface area contributed by atoms with Crippen molar-refractivity contribution in [3.05, 3.63) is 54.4 Å². The number of piperidine rings is 1. The number of nitrogens with one attached hydrogen (secondary N) is 2. The van der Waals surface area contributed by atoms with Gasteiger partial charge in [0.25, 0.3) is 5.91 Å². The second-order valence-corrected chi connectivity index (χ2v) is 8.76. The van der Waals surface area contributed by atoms with E-state index < -0.39 is 5.91 Å². The molecule has 2 amide bonds. The first-order chi connectivity index (χ1) is 15.9. The monoisotopic (exact) mass is 449 g/mol. The van der Waals surface area contributed by atoms with Gasteiger partial charge in [-0.2, -0.15) is 0 Å². The van der Waals surface area contributed by atoms with Gasteiger partial charge in [-0.3, -0.25) is 9.59 Å². The largest absolute Gasteiger partial charge is 0.364 e. The van der Waals surface area contributed by atoms with Crippen LogP contribution in [0.15, 0.2) is 43.1 Å². The number of hydrogen-bond donors (Lipinski definition) is 3. The highest BCUT2D eigenvalue weighted by atomic mass is 16.2. The van der Waals surface area contributed by atoms with Crippen LogP contribution in [0.4, 0.5) is 17.3 Å². The van der Waals surface area contributed by atoms with E-state index in [1.54, 1.807) is 4.90 Å².